The highest BCUT2D eigenvalue weighted by molar-refractivity contribution is 5.76. The number of hydrogen-bond donors (Lipinski definition) is 3. The lowest BCUT2D eigenvalue weighted by Gasteiger charge is -2.22. The van der Waals surface area contributed by atoms with E-state index in [0.29, 0.717) is 25.9 Å². The first kappa shape index (κ1) is 58.6. The zero-order valence-corrected chi connectivity index (χ0v) is 40.5. The molecule has 0 aromatic heterocycles. The van der Waals surface area contributed by atoms with Gasteiger partial charge in [0.25, 0.3) is 0 Å². The van der Waals surface area contributed by atoms with Crippen molar-refractivity contribution in [3.8, 4) is 0 Å². The number of carbonyl (C=O) groups is 2. The molecule has 0 radical (unpaired) electrons. The van der Waals surface area contributed by atoms with E-state index in [4.69, 9.17) is 4.74 Å². The number of carbonyl (C=O) groups excluding carboxylic acids is 2. The number of aliphatic hydroxyl groups is 2. The van der Waals surface area contributed by atoms with Crippen molar-refractivity contribution in [1.29, 1.82) is 0 Å². The number of nitrogens with one attached hydrogen (secondary N) is 1. The number of amides is 1. The monoisotopic (exact) mass is 848 g/mol. The summed E-state index contributed by atoms with van der Waals surface area (Å²) >= 11 is 0. The van der Waals surface area contributed by atoms with E-state index in [1.54, 1.807) is 0 Å². The van der Waals surface area contributed by atoms with Crippen molar-refractivity contribution in [2.75, 3.05) is 13.2 Å². The van der Waals surface area contributed by atoms with Crippen molar-refractivity contribution in [2.24, 2.45) is 0 Å². The lowest BCUT2D eigenvalue weighted by Crippen LogP contribution is -2.45. The number of rotatable bonds is 50. The SMILES string of the molecule is CCCCCCCCCCCCCCCC(O)C(CO)NC(=O)CCCCCCCCC/C=C\CCCCCCCCCCOC(=O)CCCCCCCCCCCCC. The molecule has 0 fully saturated rings. The molecule has 0 saturated heterocycles. The Morgan fingerprint density at radius 2 is 0.783 bits per heavy atom. The molecule has 60 heavy (non-hydrogen) atoms. The second-order valence-corrected chi connectivity index (χ2v) is 18.6. The predicted octanol–water partition coefficient (Wildman–Crippen LogP) is 16.1. The number of unbranched alkanes of at least 4 members (excludes halogenated alkanes) is 37. The zero-order chi connectivity index (χ0) is 43.7. The van der Waals surface area contributed by atoms with Crippen LogP contribution in [-0.4, -0.2) is 47.4 Å². The van der Waals surface area contributed by atoms with Crippen LogP contribution in [0.4, 0.5) is 0 Å². The molecule has 0 bridgehead atoms. The van der Waals surface area contributed by atoms with E-state index in [0.717, 1.165) is 44.9 Å². The van der Waals surface area contributed by atoms with Gasteiger partial charge in [0, 0.05) is 12.8 Å². The first-order valence-electron chi connectivity index (χ1n) is 26.9. The summed E-state index contributed by atoms with van der Waals surface area (Å²) in [6.45, 7) is 4.94. The largest absolute Gasteiger partial charge is 0.466 e. The van der Waals surface area contributed by atoms with E-state index in [2.05, 4.69) is 31.3 Å². The van der Waals surface area contributed by atoms with Crippen LogP contribution in [0.2, 0.25) is 0 Å². The molecule has 2 atom stereocenters. The van der Waals surface area contributed by atoms with E-state index in [1.165, 1.54) is 218 Å². The first-order valence-corrected chi connectivity index (χ1v) is 26.9. The molecule has 2 unspecified atom stereocenters. The molecule has 0 heterocycles. The van der Waals surface area contributed by atoms with Gasteiger partial charge in [0.1, 0.15) is 0 Å². The lowest BCUT2D eigenvalue weighted by molar-refractivity contribution is -0.143. The summed E-state index contributed by atoms with van der Waals surface area (Å²) in [5, 5.41) is 23.2. The number of hydrogen-bond acceptors (Lipinski definition) is 5. The summed E-state index contributed by atoms with van der Waals surface area (Å²) in [5.41, 5.74) is 0. The van der Waals surface area contributed by atoms with E-state index in [1.807, 2.05) is 0 Å². The molecular weight excluding hydrogens is 743 g/mol. The Kier molecular flexibility index (Phi) is 49.1. The minimum atomic E-state index is -0.668. The topological polar surface area (TPSA) is 95.9 Å². The Bertz CT molecular complexity index is 893. The van der Waals surface area contributed by atoms with E-state index in [-0.39, 0.29) is 18.5 Å². The highest BCUT2D eigenvalue weighted by Crippen LogP contribution is 2.17. The Labute approximate surface area is 374 Å². The Hall–Kier alpha value is -1.40. The highest BCUT2D eigenvalue weighted by Gasteiger charge is 2.20. The third-order valence-corrected chi connectivity index (χ3v) is 12.6. The number of aliphatic hydroxyl groups excluding tert-OH is 2. The lowest BCUT2D eigenvalue weighted by atomic mass is 10.0. The molecular formula is C54H105NO5. The van der Waals surface area contributed by atoms with Gasteiger partial charge in [-0.1, -0.05) is 244 Å². The molecule has 0 aromatic rings. The van der Waals surface area contributed by atoms with Gasteiger partial charge in [-0.25, -0.2) is 0 Å². The van der Waals surface area contributed by atoms with Crippen molar-refractivity contribution in [2.45, 2.75) is 309 Å². The third kappa shape index (κ3) is 46.1. The quantitative estimate of drug-likeness (QED) is 0.0322. The molecule has 6 heteroatoms. The standard InChI is InChI=1S/C54H105NO5/c1-3-5-7-9-11-13-15-23-27-30-34-38-42-46-52(57)51(50-56)55-53(58)47-43-39-35-31-28-24-21-19-17-16-18-20-22-25-29-33-37-41-45-49-60-54(59)48-44-40-36-32-26-14-12-10-8-6-4-2/h16-17,51-52,56-57H,3-15,18-50H2,1-2H3,(H,55,58)/b17-16-. The highest BCUT2D eigenvalue weighted by atomic mass is 16.5. The number of ether oxygens (including phenoxy) is 1. The summed E-state index contributed by atoms with van der Waals surface area (Å²) in [6, 6.07) is -0.546. The second-order valence-electron chi connectivity index (χ2n) is 18.6. The van der Waals surface area contributed by atoms with Crippen molar-refractivity contribution in [3.63, 3.8) is 0 Å². The molecule has 0 spiro atoms. The van der Waals surface area contributed by atoms with Crippen molar-refractivity contribution in [3.05, 3.63) is 12.2 Å². The Morgan fingerprint density at radius 1 is 0.450 bits per heavy atom. The summed E-state index contributed by atoms with van der Waals surface area (Å²) in [6.07, 6.45) is 57.6. The molecule has 0 aliphatic heterocycles. The van der Waals surface area contributed by atoms with E-state index >= 15 is 0 Å². The van der Waals surface area contributed by atoms with Crippen LogP contribution in [0, 0.1) is 0 Å². The fourth-order valence-electron chi connectivity index (χ4n) is 8.40. The second kappa shape index (κ2) is 50.2. The number of esters is 1. The Morgan fingerprint density at radius 3 is 1.18 bits per heavy atom. The third-order valence-electron chi connectivity index (χ3n) is 12.6. The van der Waals surface area contributed by atoms with Gasteiger partial charge in [-0.3, -0.25) is 9.59 Å². The molecule has 6 nitrogen and oxygen atoms in total. The maximum Gasteiger partial charge on any atom is 0.305 e. The minimum absolute atomic E-state index is 0.00378. The fraction of sp³-hybridized carbons (Fsp3) is 0.926. The maximum atomic E-state index is 12.4. The van der Waals surface area contributed by atoms with E-state index in [9.17, 15) is 19.8 Å². The molecule has 0 rings (SSSR count). The fourth-order valence-corrected chi connectivity index (χ4v) is 8.40. The average molecular weight is 848 g/mol. The van der Waals surface area contributed by atoms with Crippen molar-refractivity contribution >= 4 is 11.9 Å². The van der Waals surface area contributed by atoms with Gasteiger partial charge in [-0.2, -0.15) is 0 Å². The summed E-state index contributed by atoms with van der Waals surface area (Å²) in [4.78, 5) is 24.4. The van der Waals surface area contributed by atoms with Crippen LogP contribution in [0.15, 0.2) is 12.2 Å². The minimum Gasteiger partial charge on any atom is -0.466 e. The van der Waals surface area contributed by atoms with Gasteiger partial charge in [0.15, 0.2) is 0 Å². The van der Waals surface area contributed by atoms with Crippen molar-refractivity contribution in [1.82, 2.24) is 5.32 Å². The summed E-state index contributed by atoms with van der Waals surface area (Å²) in [7, 11) is 0. The molecule has 356 valence electrons. The van der Waals surface area contributed by atoms with E-state index < -0.39 is 12.1 Å². The van der Waals surface area contributed by atoms with Crippen LogP contribution in [0.5, 0.6) is 0 Å². The van der Waals surface area contributed by atoms with Gasteiger partial charge < -0.3 is 20.3 Å². The van der Waals surface area contributed by atoms with Crippen molar-refractivity contribution < 1.29 is 24.5 Å². The van der Waals surface area contributed by atoms with Gasteiger partial charge in [-0.15, -0.1) is 0 Å². The molecule has 3 N–H and O–H groups in total. The molecule has 0 aliphatic carbocycles. The van der Waals surface area contributed by atoms with Crippen LogP contribution < -0.4 is 5.32 Å². The van der Waals surface area contributed by atoms with Gasteiger partial charge in [-0.05, 0) is 51.4 Å². The number of allylic oxidation sites excluding steroid dienone is 2. The Balaban J connectivity index is 3.44. The molecule has 0 saturated carbocycles. The normalized spacial score (nSPS) is 12.7. The maximum absolute atomic E-state index is 12.4. The summed E-state index contributed by atoms with van der Waals surface area (Å²) in [5.74, 6) is -0.0402. The molecule has 0 aliphatic rings. The van der Waals surface area contributed by atoms with Crippen LogP contribution in [0.3, 0.4) is 0 Å². The summed E-state index contributed by atoms with van der Waals surface area (Å²) < 4.78 is 5.45. The van der Waals surface area contributed by atoms with Crippen LogP contribution in [0.25, 0.3) is 0 Å². The zero-order valence-electron chi connectivity index (χ0n) is 40.5. The first-order chi connectivity index (χ1) is 29.5. The molecule has 0 aromatic carbocycles. The van der Waals surface area contributed by atoms with Crippen LogP contribution in [-0.2, 0) is 14.3 Å². The molecule has 1 amide bonds. The van der Waals surface area contributed by atoms with Gasteiger partial charge >= 0.3 is 5.97 Å². The average Bonchev–Trinajstić information content (AvgIpc) is 3.25. The smallest absolute Gasteiger partial charge is 0.305 e. The van der Waals surface area contributed by atoms with Gasteiger partial charge in [0.2, 0.25) is 5.91 Å². The van der Waals surface area contributed by atoms with Gasteiger partial charge in [0.05, 0.1) is 25.4 Å². The van der Waals surface area contributed by atoms with Crippen LogP contribution in [0.1, 0.15) is 296 Å². The van der Waals surface area contributed by atoms with Crippen LogP contribution >= 0.6 is 0 Å². The predicted molar refractivity (Wildman–Crippen MR) is 260 cm³/mol.